The Hall–Kier alpha value is -0.300. The van der Waals surface area contributed by atoms with Gasteiger partial charge in [-0.2, -0.15) is 0 Å². The fourth-order valence-corrected chi connectivity index (χ4v) is 1.10. The van der Waals surface area contributed by atoms with Gasteiger partial charge in [-0.25, -0.2) is 0 Å². The predicted molar refractivity (Wildman–Crippen MR) is 58.7 cm³/mol. The number of aliphatic hydroxyl groups excluding tert-OH is 1. The Bertz CT molecular complexity index is 142. The summed E-state index contributed by atoms with van der Waals surface area (Å²) in [4.78, 5) is 0. The van der Waals surface area contributed by atoms with Crippen molar-refractivity contribution in [3.63, 3.8) is 0 Å². The summed E-state index contributed by atoms with van der Waals surface area (Å²) in [5.41, 5.74) is 0.186. The first kappa shape index (κ1) is 12.7. The van der Waals surface area contributed by atoms with Crippen molar-refractivity contribution in [2.24, 2.45) is 5.41 Å². The molecule has 0 aromatic heterocycles. The summed E-state index contributed by atoms with van der Waals surface area (Å²) in [5, 5.41) is 9.55. The number of aliphatic hydroxyl groups is 1. The quantitative estimate of drug-likeness (QED) is 0.512. The van der Waals surface area contributed by atoms with E-state index in [9.17, 15) is 5.11 Å². The molecule has 0 aliphatic heterocycles. The molecular weight excluding hydrogens is 160 g/mol. The Kier molecular flexibility index (Phi) is 6.06. The largest absolute Gasteiger partial charge is 0.389 e. The van der Waals surface area contributed by atoms with Crippen LogP contribution in [0.5, 0.6) is 0 Å². The van der Waals surface area contributed by atoms with Gasteiger partial charge in [0.2, 0.25) is 0 Å². The van der Waals surface area contributed by atoms with Gasteiger partial charge >= 0.3 is 0 Å². The number of hydrogen-bond donors (Lipinski definition) is 1. The molecule has 0 aromatic rings. The molecule has 0 amide bonds. The smallest absolute Gasteiger partial charge is 0.0721 e. The number of allylic oxidation sites excluding steroid dienone is 1. The van der Waals surface area contributed by atoms with E-state index in [1.54, 1.807) is 0 Å². The molecule has 0 fully saturated rings. The van der Waals surface area contributed by atoms with E-state index >= 15 is 0 Å². The van der Waals surface area contributed by atoms with Crippen molar-refractivity contribution in [3.05, 3.63) is 12.2 Å². The highest BCUT2D eigenvalue weighted by Gasteiger charge is 2.05. The zero-order chi connectivity index (χ0) is 10.3. The van der Waals surface area contributed by atoms with Crippen LogP contribution < -0.4 is 0 Å². The molecule has 0 rings (SSSR count). The molecule has 1 nitrogen and oxygen atoms in total. The lowest BCUT2D eigenvalue weighted by molar-refractivity contribution is 0.207. The second-order valence-corrected chi connectivity index (χ2v) is 4.79. The molecule has 0 saturated carbocycles. The molecule has 1 atom stereocenters. The summed E-state index contributed by atoms with van der Waals surface area (Å²) < 4.78 is 0. The SMILES string of the molecule is CCCCC[C@@H](O)/C=C/C(C)(C)C. The van der Waals surface area contributed by atoms with Crippen molar-refractivity contribution in [2.75, 3.05) is 0 Å². The van der Waals surface area contributed by atoms with Crippen LogP contribution in [0.3, 0.4) is 0 Å². The minimum Gasteiger partial charge on any atom is -0.389 e. The van der Waals surface area contributed by atoms with Crippen LogP contribution in [0.4, 0.5) is 0 Å². The summed E-state index contributed by atoms with van der Waals surface area (Å²) in [5.74, 6) is 0. The lowest BCUT2D eigenvalue weighted by Crippen LogP contribution is -2.05. The van der Waals surface area contributed by atoms with Gasteiger partial charge in [-0.3, -0.25) is 0 Å². The minimum atomic E-state index is -0.245. The highest BCUT2D eigenvalue weighted by Crippen LogP contribution is 2.15. The van der Waals surface area contributed by atoms with Gasteiger partial charge in [0.15, 0.2) is 0 Å². The number of rotatable bonds is 5. The molecule has 0 bridgehead atoms. The molecular formula is C12H24O. The third-order valence-electron chi connectivity index (χ3n) is 1.92. The molecule has 0 aliphatic rings. The fourth-order valence-electron chi connectivity index (χ4n) is 1.10. The van der Waals surface area contributed by atoms with Gasteiger partial charge in [0, 0.05) is 0 Å². The fraction of sp³-hybridized carbons (Fsp3) is 0.833. The van der Waals surface area contributed by atoms with Gasteiger partial charge in [0.1, 0.15) is 0 Å². The van der Waals surface area contributed by atoms with Gasteiger partial charge in [0.05, 0.1) is 6.10 Å². The average Bonchev–Trinajstić information content (AvgIpc) is 2.00. The number of unbranched alkanes of at least 4 members (excludes halogenated alkanes) is 2. The Morgan fingerprint density at radius 3 is 2.31 bits per heavy atom. The molecule has 0 radical (unpaired) electrons. The lowest BCUT2D eigenvalue weighted by atomic mass is 9.95. The molecule has 13 heavy (non-hydrogen) atoms. The lowest BCUT2D eigenvalue weighted by Gasteiger charge is -2.13. The Morgan fingerprint density at radius 2 is 1.85 bits per heavy atom. The summed E-state index contributed by atoms with van der Waals surface area (Å²) in [7, 11) is 0. The monoisotopic (exact) mass is 184 g/mol. The minimum absolute atomic E-state index is 0.186. The van der Waals surface area contributed by atoms with Crippen LogP contribution in [0.25, 0.3) is 0 Å². The van der Waals surface area contributed by atoms with Crippen LogP contribution in [0.2, 0.25) is 0 Å². The zero-order valence-electron chi connectivity index (χ0n) is 9.51. The van der Waals surface area contributed by atoms with Crippen LogP contribution in [-0.2, 0) is 0 Å². The van der Waals surface area contributed by atoms with E-state index in [2.05, 4.69) is 33.8 Å². The first-order valence-corrected chi connectivity index (χ1v) is 5.33. The zero-order valence-corrected chi connectivity index (χ0v) is 9.51. The standard InChI is InChI=1S/C12H24O/c1-5-6-7-8-11(13)9-10-12(2,3)4/h9-11,13H,5-8H2,1-4H3/b10-9+/t11-/m1/s1. The Morgan fingerprint density at radius 1 is 1.23 bits per heavy atom. The first-order chi connectivity index (χ1) is 5.95. The van der Waals surface area contributed by atoms with Gasteiger partial charge in [-0.05, 0) is 11.8 Å². The third-order valence-corrected chi connectivity index (χ3v) is 1.92. The normalized spacial score (nSPS) is 15.2. The van der Waals surface area contributed by atoms with Crippen molar-refractivity contribution < 1.29 is 5.11 Å². The van der Waals surface area contributed by atoms with Gasteiger partial charge in [-0.1, -0.05) is 59.1 Å². The molecule has 0 unspecified atom stereocenters. The second-order valence-electron chi connectivity index (χ2n) is 4.79. The summed E-state index contributed by atoms with van der Waals surface area (Å²) in [6.07, 6.45) is 8.24. The first-order valence-electron chi connectivity index (χ1n) is 5.33. The highest BCUT2D eigenvalue weighted by atomic mass is 16.3. The molecule has 1 heteroatoms. The average molecular weight is 184 g/mol. The van der Waals surface area contributed by atoms with Crippen LogP contribution >= 0.6 is 0 Å². The van der Waals surface area contributed by atoms with Gasteiger partial charge in [0.25, 0.3) is 0 Å². The summed E-state index contributed by atoms with van der Waals surface area (Å²) in [6.45, 7) is 8.60. The van der Waals surface area contributed by atoms with Gasteiger partial charge in [-0.15, -0.1) is 0 Å². The predicted octanol–water partition coefficient (Wildman–Crippen LogP) is 3.53. The molecule has 0 saturated heterocycles. The van der Waals surface area contributed by atoms with Crippen molar-refractivity contribution in [3.8, 4) is 0 Å². The van der Waals surface area contributed by atoms with E-state index in [1.807, 2.05) is 6.08 Å². The van der Waals surface area contributed by atoms with Crippen LogP contribution in [0.1, 0.15) is 53.4 Å². The molecule has 0 aromatic carbocycles. The maximum Gasteiger partial charge on any atom is 0.0721 e. The van der Waals surface area contributed by atoms with E-state index in [0.29, 0.717) is 0 Å². The van der Waals surface area contributed by atoms with E-state index in [-0.39, 0.29) is 11.5 Å². The molecule has 0 aliphatic carbocycles. The maximum atomic E-state index is 9.55. The second kappa shape index (κ2) is 6.20. The molecule has 0 spiro atoms. The third kappa shape index (κ3) is 9.62. The van der Waals surface area contributed by atoms with Crippen molar-refractivity contribution in [2.45, 2.75) is 59.5 Å². The van der Waals surface area contributed by atoms with Crippen molar-refractivity contribution in [1.29, 1.82) is 0 Å². The highest BCUT2D eigenvalue weighted by molar-refractivity contribution is 4.96. The van der Waals surface area contributed by atoms with E-state index in [1.165, 1.54) is 12.8 Å². The van der Waals surface area contributed by atoms with Crippen LogP contribution in [-0.4, -0.2) is 11.2 Å². The van der Waals surface area contributed by atoms with Crippen LogP contribution in [0, 0.1) is 5.41 Å². The Labute approximate surface area is 82.9 Å². The van der Waals surface area contributed by atoms with Crippen molar-refractivity contribution >= 4 is 0 Å². The summed E-state index contributed by atoms with van der Waals surface area (Å²) in [6, 6.07) is 0. The summed E-state index contributed by atoms with van der Waals surface area (Å²) >= 11 is 0. The topological polar surface area (TPSA) is 20.2 Å². The van der Waals surface area contributed by atoms with E-state index in [4.69, 9.17) is 0 Å². The Balaban J connectivity index is 3.61. The van der Waals surface area contributed by atoms with E-state index in [0.717, 1.165) is 12.8 Å². The van der Waals surface area contributed by atoms with E-state index < -0.39 is 0 Å². The maximum absolute atomic E-state index is 9.55. The van der Waals surface area contributed by atoms with Gasteiger partial charge < -0.3 is 5.11 Å². The molecule has 78 valence electrons. The molecule has 0 heterocycles. The number of hydrogen-bond acceptors (Lipinski definition) is 1. The van der Waals surface area contributed by atoms with Crippen LogP contribution in [0.15, 0.2) is 12.2 Å². The van der Waals surface area contributed by atoms with Crippen molar-refractivity contribution in [1.82, 2.24) is 0 Å². The molecule has 1 N–H and O–H groups in total.